The van der Waals surface area contributed by atoms with E-state index in [9.17, 15) is 19.5 Å². The Morgan fingerprint density at radius 2 is 1.79 bits per heavy atom. The lowest BCUT2D eigenvalue weighted by atomic mass is 9.99. The summed E-state index contributed by atoms with van der Waals surface area (Å²) >= 11 is 0. The summed E-state index contributed by atoms with van der Waals surface area (Å²) in [5.41, 5.74) is 2.92. The highest BCUT2D eigenvalue weighted by Gasteiger charge is 2.32. The maximum atomic E-state index is 13.7. The lowest BCUT2D eigenvalue weighted by molar-refractivity contribution is -0.128. The van der Waals surface area contributed by atoms with E-state index in [0.717, 1.165) is 22.2 Å². The molecule has 0 aromatic heterocycles. The Labute approximate surface area is 192 Å². The van der Waals surface area contributed by atoms with Crippen molar-refractivity contribution < 1.29 is 19.5 Å². The fourth-order valence-corrected chi connectivity index (χ4v) is 4.31. The third kappa shape index (κ3) is 4.45. The fraction of sp³-hybridized carbons (Fsp3) is 0.269. The van der Waals surface area contributed by atoms with Gasteiger partial charge in [0.1, 0.15) is 6.04 Å². The van der Waals surface area contributed by atoms with Gasteiger partial charge in [-0.05, 0) is 60.8 Å². The number of fused-ring (bicyclic) bond motifs is 2. The lowest BCUT2D eigenvalue weighted by Gasteiger charge is -2.27. The van der Waals surface area contributed by atoms with E-state index < -0.39 is 18.1 Å². The zero-order chi connectivity index (χ0) is 23.5. The van der Waals surface area contributed by atoms with E-state index in [4.69, 9.17) is 0 Å². The number of benzene rings is 3. The molecule has 7 nitrogen and oxygen atoms in total. The van der Waals surface area contributed by atoms with Gasteiger partial charge in [0, 0.05) is 5.69 Å². The minimum atomic E-state index is -0.990. The van der Waals surface area contributed by atoms with Crippen LogP contribution in [0.25, 0.3) is 10.8 Å². The van der Waals surface area contributed by atoms with Crippen LogP contribution < -0.4 is 15.5 Å². The molecule has 2 amide bonds. The van der Waals surface area contributed by atoms with Crippen LogP contribution in [-0.4, -0.2) is 42.0 Å². The number of amides is 2. The molecule has 33 heavy (non-hydrogen) atoms. The Bertz CT molecular complexity index is 1220. The number of carbonyl (C=O) groups is 3. The average molecular weight is 446 g/mol. The largest absolute Gasteiger partial charge is 0.478 e. The molecule has 170 valence electrons. The van der Waals surface area contributed by atoms with Crippen LogP contribution in [0.3, 0.4) is 0 Å². The van der Waals surface area contributed by atoms with E-state index in [1.807, 2.05) is 42.5 Å². The Morgan fingerprint density at radius 3 is 2.55 bits per heavy atom. The highest BCUT2D eigenvalue weighted by Crippen LogP contribution is 2.31. The lowest BCUT2D eigenvalue weighted by Crippen LogP contribution is -2.52. The van der Waals surface area contributed by atoms with Crippen LogP contribution in [0.15, 0.2) is 60.7 Å². The second kappa shape index (κ2) is 9.42. The number of rotatable bonds is 6. The summed E-state index contributed by atoms with van der Waals surface area (Å²) < 4.78 is 0. The van der Waals surface area contributed by atoms with Gasteiger partial charge in [-0.15, -0.1) is 0 Å². The second-order valence-electron chi connectivity index (χ2n) is 8.29. The first-order valence-corrected chi connectivity index (χ1v) is 11.0. The summed E-state index contributed by atoms with van der Waals surface area (Å²) in [6.45, 7) is 2.02. The smallest absolute Gasteiger partial charge is 0.336 e. The molecule has 0 aliphatic carbocycles. The Balaban J connectivity index is 1.74. The van der Waals surface area contributed by atoms with E-state index in [1.165, 1.54) is 0 Å². The van der Waals surface area contributed by atoms with Crippen molar-refractivity contribution in [2.24, 2.45) is 0 Å². The molecule has 2 atom stereocenters. The molecule has 4 rings (SSSR count). The molecule has 0 radical (unpaired) electrons. The fourth-order valence-electron chi connectivity index (χ4n) is 4.31. The first-order valence-electron chi connectivity index (χ1n) is 11.0. The normalized spacial score (nSPS) is 16.7. The van der Waals surface area contributed by atoms with E-state index in [1.54, 1.807) is 37.1 Å². The summed E-state index contributed by atoms with van der Waals surface area (Å²) in [6.07, 6.45) is 1.17. The van der Waals surface area contributed by atoms with Gasteiger partial charge in [0.05, 0.1) is 18.2 Å². The van der Waals surface area contributed by atoms with Crippen LogP contribution >= 0.6 is 0 Å². The number of hydrogen-bond donors (Lipinski definition) is 3. The summed E-state index contributed by atoms with van der Waals surface area (Å²) in [4.78, 5) is 39.6. The van der Waals surface area contributed by atoms with Crippen molar-refractivity contribution in [2.45, 2.75) is 38.4 Å². The molecule has 1 aliphatic rings. The monoisotopic (exact) mass is 445 g/mol. The predicted octanol–water partition coefficient (Wildman–Crippen LogP) is 3.11. The molecule has 1 heterocycles. The van der Waals surface area contributed by atoms with Gasteiger partial charge in [0.25, 0.3) is 0 Å². The van der Waals surface area contributed by atoms with E-state index in [2.05, 4.69) is 10.6 Å². The number of nitrogens with one attached hydrogen (secondary N) is 2. The Kier molecular flexibility index (Phi) is 6.42. The van der Waals surface area contributed by atoms with Crippen LogP contribution in [0.4, 0.5) is 5.69 Å². The number of carbonyl (C=O) groups excluding carboxylic acids is 2. The number of aromatic carboxylic acids is 1. The molecule has 0 bridgehead atoms. The minimum absolute atomic E-state index is 0.178. The molecule has 1 aliphatic heterocycles. The minimum Gasteiger partial charge on any atom is -0.478 e. The second-order valence-corrected chi connectivity index (χ2v) is 8.29. The molecule has 0 saturated carbocycles. The SMILES string of the molecule is CN[C@@H](C)C(=O)N[C@H]1CCc2ccccc2N(Cc2cccc3c(C(=O)O)cccc23)C1=O. The van der Waals surface area contributed by atoms with Gasteiger partial charge in [-0.2, -0.15) is 0 Å². The number of anilines is 1. The summed E-state index contributed by atoms with van der Waals surface area (Å²) in [5.74, 6) is -1.39. The van der Waals surface area contributed by atoms with Gasteiger partial charge in [-0.3, -0.25) is 9.59 Å². The molecule has 0 unspecified atom stereocenters. The molecule has 3 N–H and O–H groups in total. The van der Waals surface area contributed by atoms with Crippen LogP contribution in [-0.2, 0) is 22.6 Å². The van der Waals surface area contributed by atoms with Crippen molar-refractivity contribution >= 4 is 34.2 Å². The average Bonchev–Trinajstić information content (AvgIpc) is 2.95. The maximum Gasteiger partial charge on any atom is 0.336 e. The van der Waals surface area contributed by atoms with Crippen molar-refractivity contribution in [1.29, 1.82) is 0 Å². The van der Waals surface area contributed by atoms with Crippen molar-refractivity contribution in [3.05, 3.63) is 77.4 Å². The number of para-hydroxylation sites is 1. The number of nitrogens with zero attached hydrogens (tertiary/aromatic N) is 1. The first kappa shape index (κ1) is 22.5. The standard InChI is InChI=1S/C26H27N3O4/c1-16(27-2)24(30)28-22-14-13-17-7-3-4-12-23(17)29(25(22)31)15-18-8-5-10-20-19(18)9-6-11-21(20)26(32)33/h3-12,16,22,27H,13-15H2,1-2H3,(H,28,30)(H,32,33)/t16-,22-/m0/s1. The van der Waals surface area contributed by atoms with Crippen molar-refractivity contribution in [1.82, 2.24) is 10.6 Å². The van der Waals surface area contributed by atoms with E-state index in [0.29, 0.717) is 18.2 Å². The molecule has 3 aromatic carbocycles. The molecule has 0 spiro atoms. The summed E-state index contributed by atoms with van der Waals surface area (Å²) in [7, 11) is 1.70. The molecule has 0 saturated heterocycles. The molecular weight excluding hydrogens is 418 g/mol. The van der Waals surface area contributed by atoms with Gasteiger partial charge in [-0.1, -0.05) is 48.5 Å². The van der Waals surface area contributed by atoms with Crippen LogP contribution in [0.5, 0.6) is 0 Å². The third-order valence-corrected chi connectivity index (χ3v) is 6.26. The number of hydrogen-bond acceptors (Lipinski definition) is 4. The van der Waals surface area contributed by atoms with Gasteiger partial charge < -0.3 is 20.6 Å². The quantitative estimate of drug-likeness (QED) is 0.542. The first-order chi connectivity index (χ1) is 15.9. The van der Waals surface area contributed by atoms with Gasteiger partial charge in [-0.25, -0.2) is 4.79 Å². The number of carboxylic acid groups (broad SMARTS) is 1. The Hall–Kier alpha value is -3.71. The highest BCUT2D eigenvalue weighted by atomic mass is 16.4. The zero-order valence-electron chi connectivity index (χ0n) is 18.7. The predicted molar refractivity (Wildman–Crippen MR) is 127 cm³/mol. The Morgan fingerprint density at radius 1 is 1.06 bits per heavy atom. The number of likely N-dealkylation sites (N-methyl/N-ethyl adjacent to an activating group) is 1. The van der Waals surface area contributed by atoms with E-state index in [-0.39, 0.29) is 23.9 Å². The van der Waals surface area contributed by atoms with Gasteiger partial charge in [0.2, 0.25) is 11.8 Å². The summed E-state index contributed by atoms with van der Waals surface area (Å²) in [5, 5.41) is 16.8. The van der Waals surface area contributed by atoms with Gasteiger partial charge >= 0.3 is 5.97 Å². The topological polar surface area (TPSA) is 98.7 Å². The highest BCUT2D eigenvalue weighted by molar-refractivity contribution is 6.05. The molecule has 7 heteroatoms. The number of carboxylic acids is 1. The van der Waals surface area contributed by atoms with Gasteiger partial charge in [0.15, 0.2) is 0 Å². The zero-order valence-corrected chi connectivity index (χ0v) is 18.7. The van der Waals surface area contributed by atoms with Crippen molar-refractivity contribution in [2.75, 3.05) is 11.9 Å². The van der Waals surface area contributed by atoms with Crippen molar-refractivity contribution in [3.63, 3.8) is 0 Å². The summed E-state index contributed by atoms with van der Waals surface area (Å²) in [6, 6.07) is 17.4. The van der Waals surface area contributed by atoms with Crippen LogP contribution in [0.2, 0.25) is 0 Å². The number of aryl methyl sites for hydroxylation is 1. The molecule has 0 fully saturated rings. The van der Waals surface area contributed by atoms with Crippen LogP contribution in [0, 0.1) is 0 Å². The van der Waals surface area contributed by atoms with Crippen molar-refractivity contribution in [3.8, 4) is 0 Å². The molecular formula is C26H27N3O4. The molecule has 3 aromatic rings. The van der Waals surface area contributed by atoms with Crippen LogP contribution in [0.1, 0.15) is 34.8 Å². The third-order valence-electron chi connectivity index (χ3n) is 6.26. The maximum absolute atomic E-state index is 13.7. The van der Waals surface area contributed by atoms with E-state index >= 15 is 0 Å².